The summed E-state index contributed by atoms with van der Waals surface area (Å²) in [5.41, 5.74) is -1.69. The highest BCUT2D eigenvalue weighted by Gasteiger charge is 2.34. The van der Waals surface area contributed by atoms with Crippen LogP contribution in [0.25, 0.3) is 0 Å². The Hall–Kier alpha value is -2.11. The van der Waals surface area contributed by atoms with E-state index in [2.05, 4.69) is 14.5 Å². The molecule has 4 nitrogen and oxygen atoms in total. The van der Waals surface area contributed by atoms with Gasteiger partial charge < -0.3 is 9.47 Å². The number of halogens is 5. The van der Waals surface area contributed by atoms with Crippen LogP contribution < -0.4 is 9.47 Å². The Bertz CT molecular complexity index is 481. The standard InChI is InChI=1S/C9H5F5N2O2/c1-17-8-6(18-9(12,13)14)2-4(7(10)11)5(3-15)16-8/h2,7H,1H3. The lowest BCUT2D eigenvalue weighted by Gasteiger charge is -2.13. The lowest BCUT2D eigenvalue weighted by Crippen LogP contribution is -2.18. The predicted octanol–water partition coefficient (Wildman–Crippen LogP) is 2.80. The van der Waals surface area contributed by atoms with Crippen LogP contribution in [0.15, 0.2) is 6.07 Å². The fraction of sp³-hybridized carbons (Fsp3) is 0.333. The third kappa shape index (κ3) is 3.19. The van der Waals surface area contributed by atoms with E-state index in [1.54, 1.807) is 0 Å². The first kappa shape index (κ1) is 14.0. The third-order valence-electron chi connectivity index (χ3n) is 1.74. The van der Waals surface area contributed by atoms with Gasteiger partial charge in [-0.2, -0.15) is 10.2 Å². The van der Waals surface area contributed by atoms with Crippen molar-refractivity contribution < 1.29 is 31.4 Å². The van der Waals surface area contributed by atoms with Crippen molar-refractivity contribution in [2.75, 3.05) is 7.11 Å². The van der Waals surface area contributed by atoms with Gasteiger partial charge in [0.1, 0.15) is 6.07 Å². The van der Waals surface area contributed by atoms with E-state index in [-0.39, 0.29) is 0 Å². The van der Waals surface area contributed by atoms with E-state index < -0.39 is 35.7 Å². The van der Waals surface area contributed by atoms with Crippen molar-refractivity contribution in [2.24, 2.45) is 0 Å². The van der Waals surface area contributed by atoms with Gasteiger partial charge in [0, 0.05) is 0 Å². The largest absolute Gasteiger partial charge is 0.573 e. The van der Waals surface area contributed by atoms with Crippen LogP contribution in [0, 0.1) is 11.3 Å². The average Bonchev–Trinajstić information content (AvgIpc) is 2.26. The van der Waals surface area contributed by atoms with Gasteiger partial charge in [-0.3, -0.25) is 0 Å². The van der Waals surface area contributed by atoms with E-state index >= 15 is 0 Å². The summed E-state index contributed by atoms with van der Waals surface area (Å²) in [6.07, 6.45) is -8.24. The molecule has 9 heteroatoms. The summed E-state index contributed by atoms with van der Waals surface area (Å²) in [4.78, 5) is 3.23. The molecular weight excluding hydrogens is 263 g/mol. The molecule has 98 valence electrons. The van der Waals surface area contributed by atoms with Gasteiger partial charge in [-0.1, -0.05) is 0 Å². The first-order chi connectivity index (χ1) is 8.28. The smallest absolute Gasteiger partial charge is 0.478 e. The molecule has 1 heterocycles. The van der Waals surface area contributed by atoms with Crippen molar-refractivity contribution >= 4 is 0 Å². The van der Waals surface area contributed by atoms with Gasteiger partial charge >= 0.3 is 6.36 Å². The SMILES string of the molecule is COc1nc(C#N)c(C(F)F)cc1OC(F)(F)F. The molecule has 0 saturated carbocycles. The van der Waals surface area contributed by atoms with Gasteiger partial charge in [-0.05, 0) is 6.07 Å². The molecule has 0 aromatic carbocycles. The molecule has 0 bridgehead atoms. The number of hydrogen-bond acceptors (Lipinski definition) is 4. The van der Waals surface area contributed by atoms with Crippen LogP contribution >= 0.6 is 0 Å². The molecule has 0 aliphatic carbocycles. The molecule has 0 unspecified atom stereocenters. The number of ether oxygens (including phenoxy) is 2. The molecular formula is C9H5F5N2O2. The molecule has 0 N–H and O–H groups in total. The number of pyridine rings is 1. The number of methoxy groups -OCH3 is 1. The molecule has 0 amide bonds. The number of aromatic nitrogens is 1. The van der Waals surface area contributed by atoms with Crippen LogP contribution in [0.5, 0.6) is 11.6 Å². The van der Waals surface area contributed by atoms with Crippen molar-refractivity contribution in [2.45, 2.75) is 12.8 Å². The fourth-order valence-electron chi connectivity index (χ4n) is 1.09. The number of hydrogen-bond donors (Lipinski definition) is 0. The van der Waals surface area contributed by atoms with E-state index in [1.807, 2.05) is 0 Å². The maximum Gasteiger partial charge on any atom is 0.573 e. The first-order valence-electron chi connectivity index (χ1n) is 4.31. The lowest BCUT2D eigenvalue weighted by molar-refractivity contribution is -0.275. The molecule has 0 saturated heterocycles. The van der Waals surface area contributed by atoms with Crippen LogP contribution in [0.1, 0.15) is 17.7 Å². The summed E-state index contributed by atoms with van der Waals surface area (Å²) in [5, 5.41) is 8.55. The Morgan fingerprint density at radius 2 is 2.00 bits per heavy atom. The highest BCUT2D eigenvalue weighted by atomic mass is 19.4. The quantitative estimate of drug-likeness (QED) is 0.791. The Labute approximate surface area is 97.6 Å². The van der Waals surface area contributed by atoms with E-state index in [9.17, 15) is 22.0 Å². The minimum absolute atomic E-state index is 0.378. The number of rotatable bonds is 3. The zero-order valence-corrected chi connectivity index (χ0v) is 8.76. The second kappa shape index (κ2) is 5.03. The predicted molar refractivity (Wildman–Crippen MR) is 47.1 cm³/mol. The van der Waals surface area contributed by atoms with Crippen molar-refractivity contribution in [3.8, 4) is 17.7 Å². The lowest BCUT2D eigenvalue weighted by atomic mass is 10.2. The first-order valence-corrected chi connectivity index (χ1v) is 4.31. The van der Waals surface area contributed by atoms with Gasteiger partial charge in [-0.15, -0.1) is 13.2 Å². The van der Waals surface area contributed by atoms with Crippen LogP contribution in [-0.4, -0.2) is 18.5 Å². The highest BCUT2D eigenvalue weighted by Crippen LogP contribution is 2.35. The summed E-state index contributed by atoms with van der Waals surface area (Å²) in [6, 6.07) is 1.71. The van der Waals surface area contributed by atoms with E-state index in [0.717, 1.165) is 7.11 Å². The molecule has 0 aliphatic heterocycles. The summed E-state index contributed by atoms with van der Waals surface area (Å²) in [6.45, 7) is 0. The molecule has 18 heavy (non-hydrogen) atoms. The van der Waals surface area contributed by atoms with Crippen molar-refractivity contribution in [1.29, 1.82) is 5.26 Å². The van der Waals surface area contributed by atoms with Crippen LogP contribution in [-0.2, 0) is 0 Å². The summed E-state index contributed by atoms with van der Waals surface area (Å²) >= 11 is 0. The van der Waals surface area contributed by atoms with E-state index in [0.29, 0.717) is 6.07 Å². The Morgan fingerprint density at radius 3 is 2.39 bits per heavy atom. The van der Waals surface area contributed by atoms with E-state index in [1.165, 1.54) is 6.07 Å². The minimum atomic E-state index is -5.08. The van der Waals surface area contributed by atoms with Gasteiger partial charge in [0.15, 0.2) is 11.4 Å². The van der Waals surface area contributed by atoms with Gasteiger partial charge in [0.05, 0.1) is 12.7 Å². The summed E-state index contributed by atoms with van der Waals surface area (Å²) < 4.78 is 69.0. The average molecular weight is 268 g/mol. The number of alkyl halides is 5. The molecule has 0 fully saturated rings. The summed E-state index contributed by atoms with van der Waals surface area (Å²) in [5.74, 6) is -1.73. The third-order valence-corrected chi connectivity index (χ3v) is 1.74. The van der Waals surface area contributed by atoms with Crippen LogP contribution in [0.4, 0.5) is 22.0 Å². The Kier molecular flexibility index (Phi) is 3.90. The molecule has 0 radical (unpaired) electrons. The topological polar surface area (TPSA) is 55.1 Å². The second-order valence-electron chi connectivity index (χ2n) is 2.89. The molecule has 1 aromatic heterocycles. The maximum absolute atomic E-state index is 12.5. The molecule has 0 spiro atoms. The Balaban J connectivity index is 3.33. The Morgan fingerprint density at radius 1 is 1.39 bits per heavy atom. The second-order valence-corrected chi connectivity index (χ2v) is 2.89. The van der Waals surface area contributed by atoms with Gasteiger partial charge in [-0.25, -0.2) is 8.78 Å². The normalized spacial score (nSPS) is 11.2. The molecule has 1 rings (SSSR count). The number of nitriles is 1. The monoisotopic (exact) mass is 268 g/mol. The van der Waals surface area contributed by atoms with Crippen LogP contribution in [0.3, 0.4) is 0 Å². The molecule has 0 aliphatic rings. The zero-order valence-electron chi connectivity index (χ0n) is 8.76. The maximum atomic E-state index is 12.5. The van der Waals surface area contributed by atoms with E-state index in [4.69, 9.17) is 5.26 Å². The molecule has 1 aromatic rings. The van der Waals surface area contributed by atoms with Crippen molar-refractivity contribution in [3.63, 3.8) is 0 Å². The highest BCUT2D eigenvalue weighted by molar-refractivity contribution is 5.44. The van der Waals surface area contributed by atoms with Crippen molar-refractivity contribution in [1.82, 2.24) is 4.98 Å². The summed E-state index contributed by atoms with van der Waals surface area (Å²) in [7, 11) is 0.967. The van der Waals surface area contributed by atoms with Gasteiger partial charge in [0.2, 0.25) is 0 Å². The minimum Gasteiger partial charge on any atom is -0.478 e. The zero-order chi connectivity index (χ0) is 13.9. The van der Waals surface area contributed by atoms with Gasteiger partial charge in [0.25, 0.3) is 12.3 Å². The molecule has 0 atom stereocenters. The number of nitrogens with zero attached hydrogens (tertiary/aromatic N) is 2. The fourth-order valence-corrected chi connectivity index (χ4v) is 1.09. The van der Waals surface area contributed by atoms with Crippen molar-refractivity contribution in [3.05, 3.63) is 17.3 Å². The van der Waals surface area contributed by atoms with Crippen LogP contribution in [0.2, 0.25) is 0 Å².